The SMILES string of the molecule is C#C/C=C\C=C(/C)[C@@H](CN(C)C)NC(=O)N1Cc2c(NC(=O)C3(c4ccc(NC(=O)C=C)cc4)CC3)nn(C)c2C1(C)C. The highest BCUT2D eigenvalue weighted by Gasteiger charge is 2.52. The summed E-state index contributed by atoms with van der Waals surface area (Å²) in [7, 11) is 5.75. The van der Waals surface area contributed by atoms with Crippen molar-refractivity contribution < 1.29 is 14.4 Å². The third-order valence-electron chi connectivity index (χ3n) is 8.21. The fourth-order valence-corrected chi connectivity index (χ4v) is 5.72. The lowest BCUT2D eigenvalue weighted by Crippen LogP contribution is -2.52. The van der Waals surface area contributed by atoms with Gasteiger partial charge in [-0.25, -0.2) is 4.79 Å². The van der Waals surface area contributed by atoms with Gasteiger partial charge in [0.25, 0.3) is 0 Å². The minimum absolute atomic E-state index is 0.135. The van der Waals surface area contributed by atoms with Crippen LogP contribution in [-0.2, 0) is 34.1 Å². The number of anilines is 2. The number of carbonyl (C=O) groups is 3. The smallest absolute Gasteiger partial charge is 0.318 e. The fourth-order valence-electron chi connectivity index (χ4n) is 5.72. The first-order valence-electron chi connectivity index (χ1n) is 14.3. The summed E-state index contributed by atoms with van der Waals surface area (Å²) in [4.78, 5) is 42.8. The van der Waals surface area contributed by atoms with Crippen LogP contribution >= 0.6 is 0 Å². The zero-order valence-corrected chi connectivity index (χ0v) is 25.8. The van der Waals surface area contributed by atoms with Crippen molar-refractivity contribution in [3.05, 3.63) is 77.5 Å². The first kappa shape index (κ1) is 31.3. The van der Waals surface area contributed by atoms with Gasteiger partial charge in [-0.05, 0) is 83.1 Å². The van der Waals surface area contributed by atoms with Gasteiger partial charge < -0.3 is 25.8 Å². The van der Waals surface area contributed by atoms with E-state index >= 15 is 0 Å². The van der Waals surface area contributed by atoms with Crippen molar-refractivity contribution in [3.8, 4) is 12.3 Å². The van der Waals surface area contributed by atoms with Crippen LogP contribution in [0.15, 0.2) is 60.7 Å². The van der Waals surface area contributed by atoms with Crippen molar-refractivity contribution >= 4 is 29.4 Å². The van der Waals surface area contributed by atoms with Gasteiger partial charge in [0.15, 0.2) is 5.82 Å². The molecule has 1 aromatic carbocycles. The first-order chi connectivity index (χ1) is 20.3. The number of fused-ring (bicyclic) bond motifs is 1. The lowest BCUT2D eigenvalue weighted by atomic mass is 9.94. The van der Waals surface area contributed by atoms with Crippen molar-refractivity contribution in [1.82, 2.24) is 24.9 Å². The maximum absolute atomic E-state index is 13.7. The highest BCUT2D eigenvalue weighted by Crippen LogP contribution is 2.50. The van der Waals surface area contributed by atoms with Gasteiger partial charge >= 0.3 is 6.03 Å². The summed E-state index contributed by atoms with van der Waals surface area (Å²) in [5, 5.41) is 13.7. The molecule has 4 amide bonds. The number of nitrogens with zero attached hydrogens (tertiary/aromatic N) is 4. The summed E-state index contributed by atoms with van der Waals surface area (Å²) in [6.07, 6.45) is 13.3. The molecule has 3 N–H and O–H groups in total. The van der Waals surface area contributed by atoms with E-state index in [4.69, 9.17) is 6.42 Å². The number of likely N-dealkylation sites (N-methyl/N-ethyl adjacent to an activating group) is 1. The lowest BCUT2D eigenvalue weighted by Gasteiger charge is -2.34. The summed E-state index contributed by atoms with van der Waals surface area (Å²) < 4.78 is 1.75. The average Bonchev–Trinajstić information content (AvgIpc) is 3.63. The van der Waals surface area contributed by atoms with E-state index in [-0.39, 0.29) is 23.9 Å². The second kappa shape index (κ2) is 12.3. The number of amides is 4. The Balaban J connectivity index is 1.52. The van der Waals surface area contributed by atoms with Crippen molar-refractivity contribution in [2.75, 3.05) is 31.3 Å². The van der Waals surface area contributed by atoms with Crippen LogP contribution in [0, 0.1) is 12.3 Å². The quantitative estimate of drug-likeness (QED) is 0.222. The Kier molecular flexibility index (Phi) is 8.97. The van der Waals surface area contributed by atoms with E-state index < -0.39 is 11.0 Å². The summed E-state index contributed by atoms with van der Waals surface area (Å²) >= 11 is 0. The second-order valence-corrected chi connectivity index (χ2v) is 12.0. The highest BCUT2D eigenvalue weighted by molar-refractivity contribution is 6.02. The molecule has 1 fully saturated rings. The number of aryl methyl sites for hydroxylation is 1. The minimum atomic E-state index is -0.670. The van der Waals surface area contributed by atoms with Crippen LogP contribution in [0.3, 0.4) is 0 Å². The van der Waals surface area contributed by atoms with E-state index in [0.717, 1.165) is 22.4 Å². The maximum Gasteiger partial charge on any atom is 0.318 e. The molecule has 10 nitrogen and oxygen atoms in total. The average molecular weight is 584 g/mol. The number of hydrogen-bond acceptors (Lipinski definition) is 5. The number of carbonyl (C=O) groups excluding carboxylic acids is 3. The highest BCUT2D eigenvalue weighted by atomic mass is 16.2. The van der Waals surface area contributed by atoms with Crippen molar-refractivity contribution in [2.45, 2.75) is 57.2 Å². The molecule has 0 radical (unpaired) electrons. The molecule has 2 aliphatic rings. The normalized spacial score (nSPS) is 17.3. The van der Waals surface area contributed by atoms with Crippen LogP contribution in [0.2, 0.25) is 0 Å². The van der Waals surface area contributed by atoms with Crippen molar-refractivity contribution in [1.29, 1.82) is 0 Å². The molecule has 0 spiro atoms. The van der Waals surface area contributed by atoms with Gasteiger partial charge in [0.1, 0.15) is 0 Å². The van der Waals surface area contributed by atoms with Gasteiger partial charge in [0, 0.05) is 24.8 Å². The Morgan fingerprint density at radius 1 is 1.19 bits per heavy atom. The number of rotatable bonds is 10. The van der Waals surface area contributed by atoms with Gasteiger partial charge in [-0.15, -0.1) is 6.42 Å². The number of benzene rings is 1. The molecule has 2 heterocycles. The molecular weight excluding hydrogens is 542 g/mol. The molecule has 0 unspecified atom stereocenters. The predicted molar refractivity (Wildman–Crippen MR) is 169 cm³/mol. The number of aromatic nitrogens is 2. The van der Waals surface area contributed by atoms with E-state index in [1.807, 2.05) is 65.0 Å². The molecule has 10 heteroatoms. The van der Waals surface area contributed by atoms with Crippen LogP contribution in [-0.4, -0.2) is 64.1 Å². The maximum atomic E-state index is 13.7. The molecule has 1 aliphatic heterocycles. The van der Waals surface area contributed by atoms with E-state index in [1.165, 1.54) is 6.08 Å². The van der Waals surface area contributed by atoms with Gasteiger partial charge in [0.2, 0.25) is 11.8 Å². The topological polar surface area (TPSA) is 112 Å². The standard InChI is InChI=1S/C33H41N7O3/c1-9-11-12-13-22(3)26(21-38(6)7)35-31(43)40-20-25-28(32(40,4)5)39(8)37-29(25)36-30(42)33(18-19-33)23-14-16-24(17-15-23)34-27(41)10-2/h1,10-17,26H,2,18-21H2,3-8H3,(H,34,41)(H,35,43)(H,36,37,42)/b12-11-,22-13+/t26-/m1/s1. The van der Waals surface area contributed by atoms with E-state index in [9.17, 15) is 14.4 Å². The number of hydrogen-bond donors (Lipinski definition) is 3. The summed E-state index contributed by atoms with van der Waals surface area (Å²) in [5.41, 5.74) is 2.85. The zero-order valence-electron chi connectivity index (χ0n) is 25.8. The zero-order chi connectivity index (χ0) is 31.5. The van der Waals surface area contributed by atoms with Crippen LogP contribution in [0.25, 0.3) is 0 Å². The van der Waals surface area contributed by atoms with Crippen molar-refractivity contribution in [2.24, 2.45) is 7.05 Å². The largest absolute Gasteiger partial charge is 0.330 e. The number of terminal acetylenes is 1. The molecule has 43 heavy (non-hydrogen) atoms. The third-order valence-corrected chi connectivity index (χ3v) is 8.21. The van der Waals surface area contributed by atoms with E-state index in [1.54, 1.807) is 33.9 Å². The lowest BCUT2D eigenvalue weighted by molar-refractivity contribution is -0.118. The van der Waals surface area contributed by atoms with Crippen LogP contribution in [0.4, 0.5) is 16.3 Å². The fraction of sp³-hybridized carbons (Fsp3) is 0.394. The Bertz CT molecular complexity index is 1520. The predicted octanol–water partition coefficient (Wildman–Crippen LogP) is 4.04. The van der Waals surface area contributed by atoms with E-state index in [0.29, 0.717) is 37.4 Å². The van der Waals surface area contributed by atoms with Crippen LogP contribution in [0.1, 0.15) is 50.4 Å². The number of nitrogens with one attached hydrogen (secondary N) is 3. The molecule has 4 rings (SSSR count). The molecular formula is C33H41N7O3. The minimum Gasteiger partial charge on any atom is -0.330 e. The first-order valence-corrected chi connectivity index (χ1v) is 14.3. The van der Waals surface area contributed by atoms with Gasteiger partial charge in [-0.1, -0.05) is 36.8 Å². The van der Waals surface area contributed by atoms with Gasteiger partial charge in [0.05, 0.1) is 29.2 Å². The molecule has 0 bridgehead atoms. The van der Waals surface area contributed by atoms with Crippen LogP contribution < -0.4 is 16.0 Å². The second-order valence-electron chi connectivity index (χ2n) is 12.0. The summed E-state index contributed by atoms with van der Waals surface area (Å²) in [6, 6.07) is 6.87. The Hall–Kier alpha value is -4.62. The number of allylic oxidation sites excluding steroid dienone is 3. The third kappa shape index (κ3) is 6.42. The molecule has 226 valence electrons. The molecule has 2 aromatic rings. The Labute approximate surface area is 253 Å². The molecule has 0 saturated heterocycles. The van der Waals surface area contributed by atoms with Gasteiger partial charge in [-0.2, -0.15) is 5.10 Å². The Morgan fingerprint density at radius 2 is 1.86 bits per heavy atom. The number of urea groups is 1. The van der Waals surface area contributed by atoms with Crippen molar-refractivity contribution in [3.63, 3.8) is 0 Å². The van der Waals surface area contributed by atoms with Gasteiger partial charge in [-0.3, -0.25) is 14.3 Å². The Morgan fingerprint density at radius 3 is 2.44 bits per heavy atom. The molecule has 1 aliphatic carbocycles. The molecule has 1 atom stereocenters. The summed E-state index contributed by atoms with van der Waals surface area (Å²) in [5.74, 6) is 2.51. The summed E-state index contributed by atoms with van der Waals surface area (Å²) in [6.45, 7) is 10.3. The molecule has 1 aromatic heterocycles. The van der Waals surface area contributed by atoms with Crippen LogP contribution in [0.5, 0.6) is 0 Å². The molecule has 1 saturated carbocycles. The van der Waals surface area contributed by atoms with E-state index in [2.05, 4.69) is 33.5 Å². The monoisotopic (exact) mass is 583 g/mol.